The lowest BCUT2D eigenvalue weighted by Gasteiger charge is -2.27. The second-order valence-corrected chi connectivity index (χ2v) is 7.83. The predicted octanol–water partition coefficient (Wildman–Crippen LogP) is 2.61. The van der Waals surface area contributed by atoms with E-state index in [0.717, 1.165) is 0 Å². The lowest BCUT2D eigenvalue weighted by Crippen LogP contribution is -2.38. The molecule has 9 nitrogen and oxygen atoms in total. The summed E-state index contributed by atoms with van der Waals surface area (Å²) < 4.78 is 8.12. The van der Waals surface area contributed by atoms with Crippen LogP contribution >= 0.6 is 0 Å². The summed E-state index contributed by atoms with van der Waals surface area (Å²) in [4.78, 5) is 31.6. The van der Waals surface area contributed by atoms with Crippen molar-refractivity contribution in [3.8, 4) is 17.6 Å². The van der Waals surface area contributed by atoms with Gasteiger partial charge in [-0.1, -0.05) is 0 Å². The minimum atomic E-state index is -0.448. The molecule has 1 aromatic carbocycles. The van der Waals surface area contributed by atoms with Crippen LogP contribution in [0.3, 0.4) is 0 Å². The van der Waals surface area contributed by atoms with Gasteiger partial charge in [0, 0.05) is 18.1 Å². The normalized spacial score (nSPS) is 19.3. The fourth-order valence-electron chi connectivity index (χ4n) is 4.58. The molecule has 30 heavy (non-hydrogen) atoms. The molecule has 1 amide bonds. The van der Waals surface area contributed by atoms with Gasteiger partial charge in [-0.25, -0.2) is 14.2 Å². The van der Waals surface area contributed by atoms with Crippen LogP contribution in [0.2, 0.25) is 0 Å². The van der Waals surface area contributed by atoms with E-state index in [1.54, 1.807) is 53.8 Å². The largest absolute Gasteiger partial charge is 0.493 e. The number of likely N-dealkylation sites (tertiary alicyclic amines) is 1. The van der Waals surface area contributed by atoms with Gasteiger partial charge in [-0.05, 0) is 44.5 Å². The van der Waals surface area contributed by atoms with E-state index in [1.165, 1.54) is 4.57 Å². The highest BCUT2D eigenvalue weighted by Gasteiger charge is 2.50. The molecule has 152 valence electrons. The van der Waals surface area contributed by atoms with Gasteiger partial charge in [-0.2, -0.15) is 5.26 Å². The number of fused-ring (bicyclic) bond motifs is 6. The van der Waals surface area contributed by atoms with Crippen LogP contribution in [0.5, 0.6) is 5.88 Å². The lowest BCUT2D eigenvalue weighted by molar-refractivity contribution is 0.0688. The Morgan fingerprint density at radius 1 is 1.37 bits per heavy atom. The van der Waals surface area contributed by atoms with E-state index in [9.17, 15) is 20.0 Å². The molecule has 0 aliphatic carbocycles. The number of nitrogens with zero attached hydrogens (tertiary/aromatic N) is 5. The number of carbonyl (C=O) groups is 1. The van der Waals surface area contributed by atoms with E-state index in [4.69, 9.17) is 4.74 Å². The van der Waals surface area contributed by atoms with Crippen molar-refractivity contribution in [3.05, 3.63) is 52.2 Å². The van der Waals surface area contributed by atoms with Crippen molar-refractivity contribution in [3.63, 3.8) is 0 Å². The monoisotopic (exact) mass is 405 g/mol. The SMILES string of the molecule is CC(C)OC(=O)N1C[C@@H]2C[C@H]1c1c(O)n(-c3ccc(C#N)c4ncccc34)c(=O)n12. The Morgan fingerprint density at radius 2 is 2.17 bits per heavy atom. The maximum atomic E-state index is 13.3. The zero-order chi connectivity index (χ0) is 21.2. The fourth-order valence-corrected chi connectivity index (χ4v) is 4.58. The molecule has 2 aliphatic rings. The van der Waals surface area contributed by atoms with Gasteiger partial charge < -0.3 is 9.84 Å². The van der Waals surface area contributed by atoms with Crippen molar-refractivity contribution in [1.29, 1.82) is 5.26 Å². The summed E-state index contributed by atoms with van der Waals surface area (Å²) in [6.07, 6.45) is 1.45. The molecule has 2 atom stereocenters. The van der Waals surface area contributed by atoms with Crippen molar-refractivity contribution in [1.82, 2.24) is 19.0 Å². The van der Waals surface area contributed by atoms with E-state index >= 15 is 0 Å². The molecule has 1 fully saturated rings. The summed E-state index contributed by atoms with van der Waals surface area (Å²) in [7, 11) is 0. The minimum Gasteiger partial charge on any atom is -0.493 e. The van der Waals surface area contributed by atoms with Crippen LogP contribution in [0.15, 0.2) is 35.3 Å². The highest BCUT2D eigenvalue weighted by Crippen LogP contribution is 2.49. The first kappa shape index (κ1) is 18.2. The van der Waals surface area contributed by atoms with Gasteiger partial charge in [0.05, 0.1) is 35.0 Å². The molecule has 2 bridgehead atoms. The van der Waals surface area contributed by atoms with Crippen molar-refractivity contribution in [2.45, 2.75) is 38.5 Å². The molecule has 1 saturated heterocycles. The number of rotatable bonds is 2. The Bertz CT molecular complexity index is 1300. The molecule has 0 unspecified atom stereocenters. The molecular formula is C21H19N5O4. The first-order valence-electron chi connectivity index (χ1n) is 9.74. The average Bonchev–Trinajstić information content (AvgIpc) is 3.38. The molecular weight excluding hydrogens is 386 g/mol. The van der Waals surface area contributed by atoms with Crippen LogP contribution in [-0.2, 0) is 4.74 Å². The van der Waals surface area contributed by atoms with E-state index in [0.29, 0.717) is 40.8 Å². The van der Waals surface area contributed by atoms with Crippen molar-refractivity contribution < 1.29 is 14.6 Å². The molecule has 4 heterocycles. The lowest BCUT2D eigenvalue weighted by atomic mass is 10.1. The average molecular weight is 405 g/mol. The first-order valence-corrected chi connectivity index (χ1v) is 9.74. The third-order valence-corrected chi connectivity index (χ3v) is 5.74. The fraction of sp³-hybridized carbons (Fsp3) is 0.333. The smallest absolute Gasteiger partial charge is 0.410 e. The number of ether oxygens (including phenoxy) is 1. The Morgan fingerprint density at radius 3 is 2.90 bits per heavy atom. The number of aromatic hydroxyl groups is 1. The minimum absolute atomic E-state index is 0.204. The second-order valence-electron chi connectivity index (χ2n) is 7.83. The third-order valence-electron chi connectivity index (χ3n) is 5.74. The molecule has 0 radical (unpaired) electrons. The molecule has 0 saturated carbocycles. The van der Waals surface area contributed by atoms with E-state index in [2.05, 4.69) is 11.1 Å². The number of aromatic nitrogens is 3. The Hall–Kier alpha value is -3.80. The molecule has 1 N–H and O–H groups in total. The van der Waals surface area contributed by atoms with Crippen LogP contribution in [0, 0.1) is 11.3 Å². The summed E-state index contributed by atoms with van der Waals surface area (Å²) in [6.45, 7) is 3.92. The van der Waals surface area contributed by atoms with Crippen LogP contribution in [0.1, 0.15) is 43.6 Å². The quantitative estimate of drug-likeness (QED) is 0.701. The van der Waals surface area contributed by atoms with E-state index in [-0.39, 0.29) is 23.7 Å². The predicted molar refractivity (Wildman–Crippen MR) is 106 cm³/mol. The molecule has 5 rings (SSSR count). The molecule has 3 aromatic rings. The van der Waals surface area contributed by atoms with E-state index in [1.807, 2.05) is 0 Å². The molecule has 0 spiro atoms. The number of carbonyl (C=O) groups excluding carboxylic acids is 1. The van der Waals surface area contributed by atoms with Gasteiger partial charge in [0.15, 0.2) is 0 Å². The number of hydrogen-bond donors (Lipinski definition) is 1. The Labute approximate surface area is 171 Å². The highest BCUT2D eigenvalue weighted by atomic mass is 16.6. The van der Waals surface area contributed by atoms with Gasteiger partial charge in [0.2, 0.25) is 5.88 Å². The van der Waals surface area contributed by atoms with Gasteiger partial charge in [0.25, 0.3) is 0 Å². The molecule has 9 heteroatoms. The topological polar surface area (TPSA) is 113 Å². The maximum absolute atomic E-state index is 13.3. The van der Waals surface area contributed by atoms with E-state index < -0.39 is 12.1 Å². The third kappa shape index (κ3) is 2.37. The van der Waals surface area contributed by atoms with Crippen molar-refractivity contribution >= 4 is 17.0 Å². The number of benzene rings is 1. The summed E-state index contributed by atoms with van der Waals surface area (Å²) >= 11 is 0. The Balaban J connectivity index is 1.66. The van der Waals surface area contributed by atoms with Gasteiger partial charge in [-0.15, -0.1) is 0 Å². The summed E-state index contributed by atoms with van der Waals surface area (Å²) in [5.74, 6) is -0.204. The molecule has 2 aliphatic heterocycles. The second kappa shape index (κ2) is 6.35. The number of nitriles is 1. The number of imidazole rings is 1. The summed E-state index contributed by atoms with van der Waals surface area (Å²) in [5.41, 5.74) is 1.33. The maximum Gasteiger partial charge on any atom is 0.410 e. The number of pyridine rings is 1. The summed E-state index contributed by atoms with van der Waals surface area (Å²) in [6, 6.07) is 8.15. The Kier molecular flexibility index (Phi) is 3.86. The zero-order valence-corrected chi connectivity index (χ0v) is 16.4. The first-order chi connectivity index (χ1) is 14.4. The van der Waals surface area contributed by atoms with Crippen molar-refractivity contribution in [2.75, 3.05) is 6.54 Å². The van der Waals surface area contributed by atoms with Gasteiger partial charge in [0.1, 0.15) is 11.8 Å². The standard InChI is InChI=1S/C21H19N5O4/c1-11(2)30-21(29)24-10-13-8-16(24)18-19(27)26(20(28)25(13)18)15-6-5-12(9-22)17-14(15)4-3-7-23-17/h3-7,11,13,16,27H,8,10H2,1-2H3/t13-,16-/m0/s1. The van der Waals surface area contributed by atoms with Crippen LogP contribution in [-0.4, -0.2) is 42.9 Å². The zero-order valence-electron chi connectivity index (χ0n) is 16.4. The van der Waals surface area contributed by atoms with Crippen LogP contribution in [0.25, 0.3) is 16.6 Å². The highest BCUT2D eigenvalue weighted by molar-refractivity contribution is 5.91. The van der Waals surface area contributed by atoms with Crippen LogP contribution in [0.4, 0.5) is 4.79 Å². The van der Waals surface area contributed by atoms with Gasteiger partial charge in [-0.3, -0.25) is 14.5 Å². The number of amides is 1. The summed E-state index contributed by atoms with van der Waals surface area (Å²) in [5, 5.41) is 21.0. The van der Waals surface area contributed by atoms with Crippen molar-refractivity contribution in [2.24, 2.45) is 0 Å². The van der Waals surface area contributed by atoms with Gasteiger partial charge >= 0.3 is 11.8 Å². The number of hydrogen-bond acceptors (Lipinski definition) is 6. The van der Waals surface area contributed by atoms with Crippen LogP contribution < -0.4 is 5.69 Å². The molecule has 2 aromatic heterocycles.